The number of thiol groups is 1. The summed E-state index contributed by atoms with van der Waals surface area (Å²) in [4.78, 5) is 10.3. The van der Waals surface area contributed by atoms with Gasteiger partial charge in [0.25, 0.3) is 0 Å². The number of hydrogen-bond donors (Lipinski definition) is 1. The van der Waals surface area contributed by atoms with E-state index in [1.807, 2.05) is 13.8 Å². The van der Waals surface area contributed by atoms with Gasteiger partial charge in [-0.1, -0.05) is 25.4 Å². The number of halogens is 1. The molecule has 0 spiro atoms. The Labute approximate surface area is 110 Å². The van der Waals surface area contributed by atoms with E-state index in [0.717, 1.165) is 0 Å². The molecular weight excluding hydrogens is 262 g/mol. The minimum Gasteiger partial charge on any atom is -0.486 e. The molecule has 0 radical (unpaired) electrons. The molecule has 1 aromatic rings. The second kappa shape index (κ2) is 5.60. The Morgan fingerprint density at radius 2 is 2.18 bits per heavy atom. The van der Waals surface area contributed by atoms with Crippen LogP contribution in [0.5, 0.6) is 5.75 Å². The van der Waals surface area contributed by atoms with E-state index >= 15 is 0 Å². The van der Waals surface area contributed by atoms with Crippen molar-refractivity contribution in [1.29, 1.82) is 0 Å². The number of nitro groups is 1. The topological polar surface area (TPSA) is 52.4 Å². The molecule has 0 bridgehead atoms. The van der Waals surface area contributed by atoms with Gasteiger partial charge in [-0.25, -0.2) is 0 Å². The van der Waals surface area contributed by atoms with E-state index in [1.165, 1.54) is 12.1 Å². The standard InChI is InChI=1S/C11H14ClNO3S/c1-11(2,7-17)6-16-10-4-3-8(12)5-9(10)13(14)15/h3-5,17H,6-7H2,1-2H3. The first-order valence-corrected chi connectivity index (χ1v) is 6.04. The van der Waals surface area contributed by atoms with E-state index in [0.29, 0.717) is 17.4 Å². The van der Waals surface area contributed by atoms with Gasteiger partial charge in [-0.15, -0.1) is 0 Å². The highest BCUT2D eigenvalue weighted by Crippen LogP contribution is 2.31. The lowest BCUT2D eigenvalue weighted by molar-refractivity contribution is -0.385. The van der Waals surface area contributed by atoms with E-state index in [9.17, 15) is 10.1 Å². The van der Waals surface area contributed by atoms with Gasteiger partial charge in [0.2, 0.25) is 0 Å². The first-order chi connectivity index (χ1) is 7.85. The second-order valence-electron chi connectivity index (χ2n) is 4.48. The van der Waals surface area contributed by atoms with Crippen LogP contribution in [0.3, 0.4) is 0 Å². The Balaban J connectivity index is 2.88. The highest BCUT2D eigenvalue weighted by atomic mass is 35.5. The summed E-state index contributed by atoms with van der Waals surface area (Å²) in [5.74, 6) is 0.864. The Hall–Kier alpha value is -0.940. The molecule has 94 valence electrons. The van der Waals surface area contributed by atoms with Crippen molar-refractivity contribution in [1.82, 2.24) is 0 Å². The third-order valence-corrected chi connectivity index (χ3v) is 3.26. The molecule has 0 N–H and O–H groups in total. The van der Waals surface area contributed by atoms with Crippen LogP contribution in [0.25, 0.3) is 0 Å². The normalized spacial score (nSPS) is 11.3. The molecule has 0 saturated heterocycles. The largest absolute Gasteiger partial charge is 0.486 e. The molecule has 0 aliphatic carbocycles. The minimum atomic E-state index is -0.505. The van der Waals surface area contributed by atoms with Gasteiger partial charge < -0.3 is 4.74 Å². The summed E-state index contributed by atoms with van der Waals surface area (Å²) in [6, 6.07) is 4.36. The molecule has 0 unspecified atom stereocenters. The molecule has 6 heteroatoms. The SMILES string of the molecule is CC(C)(CS)COc1ccc(Cl)cc1[N+](=O)[O-]. The Morgan fingerprint density at radius 3 is 2.71 bits per heavy atom. The first-order valence-electron chi connectivity index (χ1n) is 5.03. The highest BCUT2D eigenvalue weighted by Gasteiger charge is 2.21. The number of rotatable bonds is 5. The Morgan fingerprint density at radius 1 is 1.53 bits per heavy atom. The van der Waals surface area contributed by atoms with Gasteiger partial charge in [0.1, 0.15) is 0 Å². The fourth-order valence-electron chi connectivity index (χ4n) is 1.07. The molecule has 1 aromatic carbocycles. The van der Waals surface area contributed by atoms with Crippen molar-refractivity contribution in [2.45, 2.75) is 13.8 Å². The number of nitro benzene ring substituents is 1. The van der Waals surface area contributed by atoms with Gasteiger partial charge >= 0.3 is 5.69 Å². The average Bonchev–Trinajstić information content (AvgIpc) is 2.27. The molecule has 1 rings (SSSR count). The smallest absolute Gasteiger partial charge is 0.312 e. The van der Waals surface area contributed by atoms with Gasteiger partial charge in [-0.05, 0) is 17.9 Å². The van der Waals surface area contributed by atoms with E-state index < -0.39 is 4.92 Å². The zero-order valence-electron chi connectivity index (χ0n) is 9.64. The molecular formula is C11H14ClNO3S. The number of nitrogens with zero attached hydrogens (tertiary/aromatic N) is 1. The number of benzene rings is 1. The summed E-state index contributed by atoms with van der Waals surface area (Å²) in [6.07, 6.45) is 0. The molecule has 17 heavy (non-hydrogen) atoms. The van der Waals surface area contributed by atoms with Gasteiger partial charge in [-0.2, -0.15) is 12.6 Å². The van der Waals surface area contributed by atoms with E-state index in [2.05, 4.69) is 12.6 Å². The molecule has 0 atom stereocenters. The summed E-state index contributed by atoms with van der Waals surface area (Å²) in [7, 11) is 0. The summed E-state index contributed by atoms with van der Waals surface area (Å²) >= 11 is 9.90. The van der Waals surface area contributed by atoms with Crippen LogP contribution < -0.4 is 4.74 Å². The lowest BCUT2D eigenvalue weighted by Gasteiger charge is -2.21. The van der Waals surface area contributed by atoms with Crippen LogP contribution in [-0.4, -0.2) is 17.3 Å². The predicted molar refractivity (Wildman–Crippen MR) is 71.2 cm³/mol. The van der Waals surface area contributed by atoms with Crippen LogP contribution in [-0.2, 0) is 0 Å². The Kier molecular flexibility index (Phi) is 4.65. The maximum absolute atomic E-state index is 10.8. The number of ether oxygens (including phenoxy) is 1. The quantitative estimate of drug-likeness (QED) is 0.508. The van der Waals surface area contributed by atoms with Crippen LogP contribution in [0.15, 0.2) is 18.2 Å². The molecule has 0 aromatic heterocycles. The van der Waals surface area contributed by atoms with Crippen LogP contribution in [0.4, 0.5) is 5.69 Å². The van der Waals surface area contributed by atoms with E-state index in [1.54, 1.807) is 6.07 Å². The second-order valence-corrected chi connectivity index (χ2v) is 5.23. The molecule has 0 aliphatic heterocycles. The lowest BCUT2D eigenvalue weighted by Crippen LogP contribution is -2.23. The fourth-order valence-corrected chi connectivity index (χ4v) is 1.33. The lowest BCUT2D eigenvalue weighted by atomic mass is 9.98. The summed E-state index contributed by atoms with van der Waals surface area (Å²) in [6.45, 7) is 4.31. The van der Waals surface area contributed by atoms with Crippen molar-refractivity contribution in [2.24, 2.45) is 5.41 Å². The van der Waals surface area contributed by atoms with Crippen LogP contribution in [0.1, 0.15) is 13.8 Å². The molecule has 0 amide bonds. The van der Waals surface area contributed by atoms with E-state index in [-0.39, 0.29) is 16.9 Å². The summed E-state index contributed by atoms with van der Waals surface area (Å²) in [5, 5.41) is 11.1. The monoisotopic (exact) mass is 275 g/mol. The molecule has 0 fully saturated rings. The molecule has 0 saturated carbocycles. The third-order valence-electron chi connectivity index (χ3n) is 2.16. The van der Waals surface area contributed by atoms with Gasteiger partial charge in [0.15, 0.2) is 5.75 Å². The molecule has 0 heterocycles. The van der Waals surface area contributed by atoms with Crippen molar-refractivity contribution >= 4 is 29.9 Å². The predicted octanol–water partition coefficient (Wildman–Crippen LogP) is 3.58. The van der Waals surface area contributed by atoms with Crippen molar-refractivity contribution in [3.05, 3.63) is 33.3 Å². The molecule has 0 aliphatic rings. The van der Waals surface area contributed by atoms with Crippen molar-refractivity contribution in [2.75, 3.05) is 12.4 Å². The zero-order chi connectivity index (χ0) is 13.1. The van der Waals surface area contributed by atoms with Crippen molar-refractivity contribution < 1.29 is 9.66 Å². The fraction of sp³-hybridized carbons (Fsp3) is 0.455. The van der Waals surface area contributed by atoms with Crippen molar-refractivity contribution in [3.8, 4) is 5.75 Å². The minimum absolute atomic E-state index is 0.118. The van der Waals surface area contributed by atoms with Gasteiger partial charge in [-0.3, -0.25) is 10.1 Å². The molecule has 4 nitrogen and oxygen atoms in total. The van der Waals surface area contributed by atoms with Gasteiger partial charge in [0.05, 0.1) is 11.5 Å². The van der Waals surface area contributed by atoms with Crippen molar-refractivity contribution in [3.63, 3.8) is 0 Å². The summed E-state index contributed by atoms with van der Waals surface area (Å²) in [5.41, 5.74) is -0.260. The van der Waals surface area contributed by atoms with E-state index in [4.69, 9.17) is 16.3 Å². The average molecular weight is 276 g/mol. The summed E-state index contributed by atoms with van der Waals surface area (Å²) < 4.78 is 5.46. The third kappa shape index (κ3) is 4.09. The van der Waals surface area contributed by atoms with Crippen LogP contribution >= 0.6 is 24.2 Å². The maximum Gasteiger partial charge on any atom is 0.312 e. The van der Waals surface area contributed by atoms with Crippen LogP contribution in [0.2, 0.25) is 5.02 Å². The first kappa shape index (κ1) is 14.1. The van der Waals surface area contributed by atoms with Gasteiger partial charge in [0, 0.05) is 16.5 Å². The zero-order valence-corrected chi connectivity index (χ0v) is 11.3. The Bertz CT molecular complexity index is 423. The highest BCUT2D eigenvalue weighted by molar-refractivity contribution is 7.80. The van der Waals surface area contributed by atoms with Crippen LogP contribution in [0, 0.1) is 15.5 Å². The maximum atomic E-state index is 10.8. The number of hydrogen-bond acceptors (Lipinski definition) is 4.